The van der Waals surface area contributed by atoms with E-state index in [0.717, 1.165) is 30.8 Å². The van der Waals surface area contributed by atoms with Crippen LogP contribution in [0.15, 0.2) is 53.2 Å². The molecule has 1 aliphatic heterocycles. The number of oxazole rings is 1. The number of pyridine rings is 1. The van der Waals surface area contributed by atoms with E-state index in [0.29, 0.717) is 40.9 Å². The highest BCUT2D eigenvalue weighted by molar-refractivity contribution is 5.93. The molecule has 2 aromatic heterocycles. The number of rotatable bonds is 7. The number of hydrogen-bond acceptors (Lipinski definition) is 7. The van der Waals surface area contributed by atoms with E-state index in [1.54, 1.807) is 30.5 Å². The number of carbonyl (C=O) groups is 1. The second-order valence-electron chi connectivity index (χ2n) is 9.97. The van der Waals surface area contributed by atoms with Crippen LogP contribution >= 0.6 is 0 Å². The minimum absolute atomic E-state index is 0.328. The summed E-state index contributed by atoms with van der Waals surface area (Å²) in [5, 5.41) is 12.6. The number of nitrogens with two attached hydrogens (primary N) is 1. The summed E-state index contributed by atoms with van der Waals surface area (Å²) in [6.07, 6.45) is 11.9. The zero-order valence-electron chi connectivity index (χ0n) is 20.4. The van der Waals surface area contributed by atoms with Crippen molar-refractivity contribution in [1.82, 2.24) is 9.97 Å². The molecule has 8 heteroatoms. The molecule has 3 atom stereocenters. The van der Waals surface area contributed by atoms with Gasteiger partial charge in [-0.2, -0.15) is 5.26 Å². The summed E-state index contributed by atoms with van der Waals surface area (Å²) in [6.45, 7) is 2.06. The molecule has 36 heavy (non-hydrogen) atoms. The Balaban J connectivity index is 1.23. The van der Waals surface area contributed by atoms with Crippen LogP contribution in [0.3, 0.4) is 0 Å². The van der Waals surface area contributed by atoms with Crippen LogP contribution in [-0.4, -0.2) is 35.0 Å². The van der Waals surface area contributed by atoms with Gasteiger partial charge in [-0.25, -0.2) is 9.97 Å². The van der Waals surface area contributed by atoms with Crippen LogP contribution in [0.5, 0.6) is 0 Å². The standard InChI is InChI=1S/C28H32N6O2/c29-15-23-10-11-24(16-31-23)34-12-4-5-19(18-34)13-20-6-1-2-9-25(20)33-28-32-17-26(36-28)21-7-3-8-22(14-21)27(30)35/h3,7-8,10-11,14,16-17,19-20,25H,1-2,4-6,9,12-13,18H2,(H2,30,35)(H,32,33)/t19-,20+,25-/m1/s1. The number of carbonyl (C=O) groups excluding carboxylic acids is 1. The van der Waals surface area contributed by atoms with Crippen LogP contribution in [0, 0.1) is 23.2 Å². The number of nitrogens with one attached hydrogen (secondary N) is 1. The van der Waals surface area contributed by atoms with Gasteiger partial charge in [0.15, 0.2) is 5.76 Å². The van der Waals surface area contributed by atoms with Gasteiger partial charge in [0, 0.05) is 30.3 Å². The van der Waals surface area contributed by atoms with E-state index < -0.39 is 5.91 Å². The molecular formula is C28H32N6O2. The Hall–Kier alpha value is -3.86. The predicted octanol–water partition coefficient (Wildman–Crippen LogP) is 4.98. The quantitative estimate of drug-likeness (QED) is 0.485. The first-order valence-corrected chi connectivity index (χ1v) is 12.8. The van der Waals surface area contributed by atoms with Gasteiger partial charge in [0.25, 0.3) is 6.01 Å². The molecule has 1 aliphatic carbocycles. The highest BCUT2D eigenvalue weighted by Gasteiger charge is 2.30. The number of piperidine rings is 1. The highest BCUT2D eigenvalue weighted by atomic mass is 16.4. The van der Waals surface area contributed by atoms with Gasteiger partial charge >= 0.3 is 0 Å². The van der Waals surface area contributed by atoms with E-state index >= 15 is 0 Å². The second-order valence-corrected chi connectivity index (χ2v) is 9.97. The van der Waals surface area contributed by atoms with Gasteiger partial charge in [-0.3, -0.25) is 4.79 Å². The maximum Gasteiger partial charge on any atom is 0.295 e. The third-order valence-electron chi connectivity index (χ3n) is 7.54. The Bertz CT molecular complexity index is 1230. The number of primary amides is 1. The Morgan fingerprint density at radius 1 is 1.14 bits per heavy atom. The van der Waals surface area contributed by atoms with Gasteiger partial charge < -0.3 is 20.4 Å². The largest absolute Gasteiger partial charge is 0.424 e. The van der Waals surface area contributed by atoms with Crippen LogP contribution in [0.2, 0.25) is 0 Å². The number of nitriles is 1. The molecule has 186 valence electrons. The maximum atomic E-state index is 11.5. The lowest BCUT2D eigenvalue weighted by atomic mass is 9.77. The molecule has 3 aromatic rings. The minimum Gasteiger partial charge on any atom is -0.424 e. The van der Waals surface area contributed by atoms with Gasteiger partial charge in [-0.05, 0) is 68.2 Å². The van der Waals surface area contributed by atoms with Gasteiger partial charge in [-0.1, -0.05) is 25.0 Å². The van der Waals surface area contributed by atoms with Gasteiger partial charge in [0.1, 0.15) is 11.8 Å². The predicted molar refractivity (Wildman–Crippen MR) is 138 cm³/mol. The van der Waals surface area contributed by atoms with Crippen LogP contribution in [0.25, 0.3) is 11.3 Å². The van der Waals surface area contributed by atoms with Crippen molar-refractivity contribution in [3.63, 3.8) is 0 Å². The molecule has 1 saturated carbocycles. The molecule has 0 spiro atoms. The molecule has 1 saturated heterocycles. The minimum atomic E-state index is -0.462. The van der Waals surface area contributed by atoms with Crippen LogP contribution in [0.4, 0.5) is 11.7 Å². The Morgan fingerprint density at radius 3 is 2.83 bits per heavy atom. The summed E-state index contributed by atoms with van der Waals surface area (Å²) in [4.78, 5) is 22.7. The molecule has 1 amide bonds. The van der Waals surface area contributed by atoms with E-state index in [1.165, 1.54) is 38.5 Å². The summed E-state index contributed by atoms with van der Waals surface area (Å²) in [7, 11) is 0. The van der Waals surface area contributed by atoms with Crippen molar-refractivity contribution < 1.29 is 9.21 Å². The molecule has 8 nitrogen and oxygen atoms in total. The third-order valence-corrected chi connectivity index (χ3v) is 7.54. The van der Waals surface area contributed by atoms with Crippen LogP contribution in [-0.2, 0) is 0 Å². The number of hydrogen-bond donors (Lipinski definition) is 2. The Kier molecular flexibility index (Phi) is 7.17. The molecule has 3 N–H and O–H groups in total. The summed E-state index contributed by atoms with van der Waals surface area (Å²) >= 11 is 0. The third kappa shape index (κ3) is 5.51. The number of aromatic nitrogens is 2. The van der Waals surface area contributed by atoms with Crippen LogP contribution in [0.1, 0.15) is 61.0 Å². The van der Waals surface area contributed by atoms with Gasteiger partial charge in [0.2, 0.25) is 5.91 Å². The topological polar surface area (TPSA) is 121 Å². The lowest BCUT2D eigenvalue weighted by Gasteiger charge is -2.39. The normalized spacial score (nSPS) is 22.1. The molecule has 0 unspecified atom stereocenters. The highest BCUT2D eigenvalue weighted by Crippen LogP contribution is 2.35. The fraction of sp³-hybridized carbons (Fsp3) is 0.429. The molecule has 2 aliphatic rings. The van der Waals surface area contributed by atoms with Crippen molar-refractivity contribution in [1.29, 1.82) is 5.26 Å². The zero-order valence-corrected chi connectivity index (χ0v) is 20.4. The molecule has 0 bridgehead atoms. The molecular weight excluding hydrogens is 452 g/mol. The average Bonchev–Trinajstić information content (AvgIpc) is 3.39. The fourth-order valence-corrected chi connectivity index (χ4v) is 5.70. The van der Waals surface area contributed by atoms with Gasteiger partial charge in [0.05, 0.1) is 18.1 Å². The summed E-state index contributed by atoms with van der Waals surface area (Å²) in [5.41, 5.74) is 8.21. The molecule has 5 rings (SSSR count). The van der Waals surface area contributed by atoms with E-state index in [9.17, 15) is 4.79 Å². The number of anilines is 2. The number of amides is 1. The van der Waals surface area contributed by atoms with Crippen molar-refractivity contribution in [3.8, 4) is 17.4 Å². The van der Waals surface area contributed by atoms with Crippen molar-refractivity contribution in [2.45, 2.75) is 51.0 Å². The monoisotopic (exact) mass is 484 g/mol. The molecule has 1 aromatic carbocycles. The first-order chi connectivity index (χ1) is 17.6. The van der Waals surface area contributed by atoms with Gasteiger partial charge in [-0.15, -0.1) is 0 Å². The smallest absolute Gasteiger partial charge is 0.295 e. The summed E-state index contributed by atoms with van der Waals surface area (Å²) in [6, 6.07) is 13.9. The number of benzene rings is 1. The first kappa shape index (κ1) is 23.9. The lowest BCUT2D eigenvalue weighted by molar-refractivity contribution is 0.100. The summed E-state index contributed by atoms with van der Waals surface area (Å²) < 4.78 is 6.03. The van der Waals surface area contributed by atoms with E-state index in [2.05, 4.69) is 26.3 Å². The zero-order chi connectivity index (χ0) is 24.9. The second kappa shape index (κ2) is 10.8. The van der Waals surface area contributed by atoms with E-state index in [1.807, 2.05) is 18.3 Å². The average molecular weight is 485 g/mol. The number of nitrogens with zero attached hydrogens (tertiary/aromatic N) is 4. The first-order valence-electron chi connectivity index (χ1n) is 12.8. The molecule has 0 radical (unpaired) electrons. The van der Waals surface area contributed by atoms with Crippen molar-refractivity contribution >= 4 is 17.6 Å². The maximum absolute atomic E-state index is 11.5. The molecule has 3 heterocycles. The van der Waals surface area contributed by atoms with Crippen molar-refractivity contribution in [3.05, 3.63) is 60.0 Å². The van der Waals surface area contributed by atoms with Crippen molar-refractivity contribution in [2.24, 2.45) is 17.6 Å². The van der Waals surface area contributed by atoms with Crippen LogP contribution < -0.4 is 16.0 Å². The fourth-order valence-electron chi connectivity index (χ4n) is 5.70. The lowest BCUT2D eigenvalue weighted by Crippen LogP contribution is -2.39. The SMILES string of the molecule is N#Cc1ccc(N2CCC[C@H](C[C@@H]3CCCC[C@H]3Nc3ncc(-c4cccc(C(N)=O)c4)o3)C2)cn1. The van der Waals surface area contributed by atoms with Crippen molar-refractivity contribution in [2.75, 3.05) is 23.3 Å². The Labute approximate surface area is 211 Å². The van der Waals surface area contributed by atoms with E-state index in [-0.39, 0.29) is 0 Å². The summed E-state index contributed by atoms with van der Waals surface area (Å²) in [5.74, 6) is 1.35. The molecule has 2 fully saturated rings. The van der Waals surface area contributed by atoms with E-state index in [4.69, 9.17) is 15.4 Å². The Morgan fingerprint density at radius 2 is 2.03 bits per heavy atom.